The standard InChI is InChI=1S/C10H18F3NO/c1-15-9-4-2-8(3-5-9)14-7-6-10(11,12)13/h8-9,14H,2-7H2,1H3. The molecular formula is C10H18F3NO. The first kappa shape index (κ1) is 12.8. The van der Waals surface area contributed by atoms with Crippen molar-refractivity contribution >= 4 is 0 Å². The number of halogens is 3. The second-order valence-electron chi connectivity index (χ2n) is 4.03. The number of nitrogens with one attached hydrogen (secondary N) is 1. The molecule has 2 nitrogen and oxygen atoms in total. The van der Waals surface area contributed by atoms with Gasteiger partial charge in [0.1, 0.15) is 0 Å². The van der Waals surface area contributed by atoms with Crippen molar-refractivity contribution in [2.45, 2.75) is 50.4 Å². The molecule has 0 heterocycles. The van der Waals surface area contributed by atoms with Gasteiger partial charge in [-0.05, 0) is 25.7 Å². The lowest BCUT2D eigenvalue weighted by molar-refractivity contribution is -0.133. The molecule has 0 aromatic carbocycles. The van der Waals surface area contributed by atoms with Crippen LogP contribution in [0.5, 0.6) is 0 Å². The van der Waals surface area contributed by atoms with Crippen LogP contribution >= 0.6 is 0 Å². The Morgan fingerprint density at radius 1 is 1.20 bits per heavy atom. The van der Waals surface area contributed by atoms with Gasteiger partial charge in [0.25, 0.3) is 0 Å². The van der Waals surface area contributed by atoms with Gasteiger partial charge >= 0.3 is 6.18 Å². The molecule has 0 aliphatic heterocycles. The van der Waals surface area contributed by atoms with Gasteiger partial charge in [0.05, 0.1) is 12.5 Å². The van der Waals surface area contributed by atoms with Crippen molar-refractivity contribution in [3.05, 3.63) is 0 Å². The van der Waals surface area contributed by atoms with E-state index in [2.05, 4.69) is 5.32 Å². The number of hydrogen-bond acceptors (Lipinski definition) is 2. The highest BCUT2D eigenvalue weighted by Crippen LogP contribution is 2.22. The van der Waals surface area contributed by atoms with E-state index < -0.39 is 12.6 Å². The fraction of sp³-hybridized carbons (Fsp3) is 1.00. The first-order valence-corrected chi connectivity index (χ1v) is 5.34. The summed E-state index contributed by atoms with van der Waals surface area (Å²) in [4.78, 5) is 0. The van der Waals surface area contributed by atoms with E-state index in [0.29, 0.717) is 6.10 Å². The van der Waals surface area contributed by atoms with Crippen molar-refractivity contribution in [2.75, 3.05) is 13.7 Å². The molecule has 1 aliphatic rings. The SMILES string of the molecule is COC1CCC(NCCC(F)(F)F)CC1. The smallest absolute Gasteiger partial charge is 0.381 e. The lowest BCUT2D eigenvalue weighted by atomic mass is 9.93. The van der Waals surface area contributed by atoms with Gasteiger partial charge in [0.2, 0.25) is 0 Å². The summed E-state index contributed by atoms with van der Waals surface area (Å²) in [6.45, 7) is 0.0335. The van der Waals surface area contributed by atoms with Crippen molar-refractivity contribution in [1.29, 1.82) is 0 Å². The van der Waals surface area contributed by atoms with E-state index in [9.17, 15) is 13.2 Å². The van der Waals surface area contributed by atoms with E-state index in [4.69, 9.17) is 4.74 Å². The summed E-state index contributed by atoms with van der Waals surface area (Å²) in [7, 11) is 1.68. The van der Waals surface area contributed by atoms with Crippen LogP contribution < -0.4 is 5.32 Å². The quantitative estimate of drug-likeness (QED) is 0.793. The van der Waals surface area contributed by atoms with Crippen LogP contribution in [0.2, 0.25) is 0 Å². The van der Waals surface area contributed by atoms with Crippen molar-refractivity contribution in [3.8, 4) is 0 Å². The Hall–Kier alpha value is -0.290. The topological polar surface area (TPSA) is 21.3 Å². The van der Waals surface area contributed by atoms with E-state index in [1.54, 1.807) is 7.11 Å². The molecule has 15 heavy (non-hydrogen) atoms. The highest BCUT2D eigenvalue weighted by atomic mass is 19.4. The zero-order valence-electron chi connectivity index (χ0n) is 8.94. The fourth-order valence-electron chi connectivity index (χ4n) is 1.92. The molecular weight excluding hydrogens is 207 g/mol. The Morgan fingerprint density at radius 3 is 2.27 bits per heavy atom. The molecule has 1 rings (SSSR count). The van der Waals surface area contributed by atoms with Crippen molar-refractivity contribution in [2.24, 2.45) is 0 Å². The monoisotopic (exact) mass is 225 g/mol. The Kier molecular flexibility index (Phi) is 4.86. The third kappa shape index (κ3) is 5.37. The molecule has 1 fully saturated rings. The maximum atomic E-state index is 11.9. The van der Waals surface area contributed by atoms with E-state index in [-0.39, 0.29) is 12.6 Å². The largest absolute Gasteiger partial charge is 0.390 e. The summed E-state index contributed by atoms with van der Waals surface area (Å²) in [6, 6.07) is 0.235. The lowest BCUT2D eigenvalue weighted by Gasteiger charge is -2.28. The van der Waals surface area contributed by atoms with Gasteiger partial charge in [-0.25, -0.2) is 0 Å². The Morgan fingerprint density at radius 2 is 1.80 bits per heavy atom. The first-order chi connectivity index (χ1) is 7.01. The number of methoxy groups -OCH3 is 1. The number of hydrogen-bond donors (Lipinski definition) is 1. The number of alkyl halides is 3. The summed E-state index contributed by atoms with van der Waals surface area (Å²) in [5, 5.41) is 2.95. The van der Waals surface area contributed by atoms with Gasteiger partial charge in [0.15, 0.2) is 0 Å². The molecule has 1 aliphatic carbocycles. The zero-order valence-corrected chi connectivity index (χ0v) is 8.94. The van der Waals surface area contributed by atoms with E-state index >= 15 is 0 Å². The summed E-state index contributed by atoms with van der Waals surface area (Å²) in [6.07, 6.45) is -0.772. The first-order valence-electron chi connectivity index (χ1n) is 5.34. The van der Waals surface area contributed by atoms with E-state index in [1.807, 2.05) is 0 Å². The second-order valence-corrected chi connectivity index (χ2v) is 4.03. The van der Waals surface area contributed by atoms with Crippen LogP contribution in [0.25, 0.3) is 0 Å². The average molecular weight is 225 g/mol. The molecule has 0 aromatic rings. The minimum atomic E-state index is -4.04. The molecule has 1 saturated carbocycles. The van der Waals surface area contributed by atoms with Crippen LogP contribution in [0, 0.1) is 0 Å². The molecule has 90 valence electrons. The average Bonchev–Trinajstić information content (AvgIpc) is 2.17. The van der Waals surface area contributed by atoms with Crippen LogP contribution in [-0.4, -0.2) is 32.0 Å². The van der Waals surface area contributed by atoms with Crippen LogP contribution in [0.3, 0.4) is 0 Å². The zero-order chi connectivity index (χ0) is 11.3. The highest BCUT2D eigenvalue weighted by Gasteiger charge is 2.27. The summed E-state index contributed by atoms with van der Waals surface area (Å²) in [5.74, 6) is 0. The molecule has 0 unspecified atom stereocenters. The number of rotatable bonds is 4. The van der Waals surface area contributed by atoms with Crippen molar-refractivity contribution in [1.82, 2.24) is 5.32 Å². The molecule has 1 N–H and O–H groups in total. The molecule has 0 spiro atoms. The van der Waals surface area contributed by atoms with E-state index in [1.165, 1.54) is 0 Å². The summed E-state index contributed by atoms with van der Waals surface area (Å²) >= 11 is 0. The van der Waals surface area contributed by atoms with Crippen LogP contribution in [0.15, 0.2) is 0 Å². The summed E-state index contributed by atoms with van der Waals surface area (Å²) < 4.78 is 40.8. The van der Waals surface area contributed by atoms with E-state index in [0.717, 1.165) is 25.7 Å². The molecule has 0 saturated heterocycles. The molecule has 0 amide bonds. The van der Waals surface area contributed by atoms with Crippen LogP contribution in [0.1, 0.15) is 32.1 Å². The third-order valence-corrected chi connectivity index (χ3v) is 2.85. The maximum absolute atomic E-state index is 11.9. The number of ether oxygens (including phenoxy) is 1. The van der Waals surface area contributed by atoms with Crippen molar-refractivity contribution < 1.29 is 17.9 Å². The second kappa shape index (κ2) is 5.70. The van der Waals surface area contributed by atoms with Crippen LogP contribution in [0.4, 0.5) is 13.2 Å². The minimum Gasteiger partial charge on any atom is -0.381 e. The predicted octanol–water partition coefficient (Wildman–Crippen LogP) is 2.49. The molecule has 0 aromatic heterocycles. The third-order valence-electron chi connectivity index (χ3n) is 2.85. The fourth-order valence-corrected chi connectivity index (χ4v) is 1.92. The van der Waals surface area contributed by atoms with Gasteiger partial charge in [-0.2, -0.15) is 13.2 Å². The van der Waals surface area contributed by atoms with Crippen molar-refractivity contribution in [3.63, 3.8) is 0 Å². The Bertz CT molecular complexity index is 176. The van der Waals surface area contributed by atoms with Gasteiger partial charge < -0.3 is 10.1 Å². The van der Waals surface area contributed by atoms with Gasteiger partial charge in [-0.1, -0.05) is 0 Å². The van der Waals surface area contributed by atoms with Gasteiger partial charge in [-0.3, -0.25) is 0 Å². The molecule has 0 radical (unpaired) electrons. The van der Waals surface area contributed by atoms with Crippen LogP contribution in [-0.2, 0) is 4.74 Å². The Labute approximate surface area is 88.2 Å². The maximum Gasteiger partial charge on any atom is 0.390 e. The predicted molar refractivity (Wildman–Crippen MR) is 51.7 cm³/mol. The normalized spacial score (nSPS) is 28.0. The summed E-state index contributed by atoms with van der Waals surface area (Å²) in [5.41, 5.74) is 0. The minimum absolute atomic E-state index is 0.0335. The Balaban J connectivity index is 2.09. The molecule has 0 bridgehead atoms. The highest BCUT2D eigenvalue weighted by molar-refractivity contribution is 4.77. The molecule has 5 heteroatoms. The van der Waals surface area contributed by atoms with Gasteiger partial charge in [0, 0.05) is 19.7 Å². The van der Waals surface area contributed by atoms with Gasteiger partial charge in [-0.15, -0.1) is 0 Å². The molecule has 0 atom stereocenters. The lowest BCUT2D eigenvalue weighted by Crippen LogP contribution is -2.36.